The van der Waals surface area contributed by atoms with Crippen LogP contribution in [0.2, 0.25) is 0 Å². The monoisotopic (exact) mass is 338 g/mol. The van der Waals surface area contributed by atoms with Crippen molar-refractivity contribution in [3.63, 3.8) is 0 Å². The van der Waals surface area contributed by atoms with Crippen molar-refractivity contribution in [2.75, 3.05) is 31.1 Å². The number of rotatable bonds is 4. The van der Waals surface area contributed by atoms with Crippen LogP contribution in [0.1, 0.15) is 18.1 Å². The maximum Gasteiger partial charge on any atom is 0.263 e. The van der Waals surface area contributed by atoms with Gasteiger partial charge >= 0.3 is 0 Å². The molecule has 1 amide bonds. The predicted molar refractivity (Wildman–Crippen MR) is 101 cm³/mol. The number of amides is 1. The maximum absolute atomic E-state index is 12.7. The lowest BCUT2D eigenvalue weighted by Gasteiger charge is -2.37. The molecule has 2 aromatic carbocycles. The fraction of sp³-hybridized carbons (Fsp3) is 0.381. The maximum atomic E-state index is 12.7. The summed E-state index contributed by atoms with van der Waals surface area (Å²) in [4.78, 5) is 17.0. The number of carbonyl (C=O) groups excluding carboxylic acids is 1. The molecule has 4 nitrogen and oxygen atoms in total. The summed E-state index contributed by atoms with van der Waals surface area (Å²) in [6.07, 6.45) is -0.467. The van der Waals surface area contributed by atoms with Crippen molar-refractivity contribution in [3.8, 4) is 5.75 Å². The number of nitrogens with zero attached hydrogens (tertiary/aromatic N) is 2. The lowest BCUT2D eigenvalue weighted by Crippen LogP contribution is -2.52. The molecule has 1 atom stereocenters. The number of aryl methyl sites for hydroxylation is 2. The summed E-state index contributed by atoms with van der Waals surface area (Å²) < 4.78 is 5.89. The minimum atomic E-state index is -0.467. The third-order valence-electron chi connectivity index (χ3n) is 4.79. The predicted octanol–water partition coefficient (Wildman–Crippen LogP) is 3.42. The number of carbonyl (C=O) groups is 1. The van der Waals surface area contributed by atoms with Crippen LogP contribution in [0.3, 0.4) is 0 Å². The number of para-hydroxylation sites is 2. The van der Waals surface area contributed by atoms with Crippen LogP contribution in [0.25, 0.3) is 0 Å². The first-order valence-corrected chi connectivity index (χ1v) is 8.88. The highest BCUT2D eigenvalue weighted by molar-refractivity contribution is 5.81. The third-order valence-corrected chi connectivity index (χ3v) is 4.79. The van der Waals surface area contributed by atoms with Gasteiger partial charge in [0.2, 0.25) is 0 Å². The van der Waals surface area contributed by atoms with Crippen molar-refractivity contribution >= 4 is 11.6 Å². The minimum Gasteiger partial charge on any atom is -0.481 e. The number of ether oxygens (including phenoxy) is 1. The van der Waals surface area contributed by atoms with Crippen LogP contribution in [-0.2, 0) is 4.79 Å². The Balaban J connectivity index is 1.58. The van der Waals surface area contributed by atoms with Gasteiger partial charge in [0.05, 0.1) is 0 Å². The average molecular weight is 338 g/mol. The highest BCUT2D eigenvalue weighted by Crippen LogP contribution is 2.22. The van der Waals surface area contributed by atoms with Gasteiger partial charge in [0, 0.05) is 31.9 Å². The zero-order valence-corrected chi connectivity index (χ0v) is 15.2. The summed E-state index contributed by atoms with van der Waals surface area (Å²) in [6.45, 7) is 9.13. The van der Waals surface area contributed by atoms with E-state index >= 15 is 0 Å². The summed E-state index contributed by atoms with van der Waals surface area (Å²) in [7, 11) is 0. The molecule has 132 valence electrons. The van der Waals surface area contributed by atoms with Crippen LogP contribution in [-0.4, -0.2) is 43.1 Å². The first-order chi connectivity index (χ1) is 12.1. The van der Waals surface area contributed by atoms with Gasteiger partial charge < -0.3 is 14.5 Å². The average Bonchev–Trinajstić information content (AvgIpc) is 2.63. The SMILES string of the molecule is Cc1ccccc1O[C@H](C)C(=O)N1CCN(c2ccccc2C)CC1. The second-order valence-corrected chi connectivity index (χ2v) is 6.62. The second kappa shape index (κ2) is 7.60. The zero-order chi connectivity index (χ0) is 17.8. The molecule has 1 aliphatic rings. The number of anilines is 1. The Morgan fingerprint density at radius 2 is 1.52 bits per heavy atom. The summed E-state index contributed by atoms with van der Waals surface area (Å²) in [6, 6.07) is 16.2. The number of piperazine rings is 1. The Bertz CT molecular complexity index is 736. The fourth-order valence-corrected chi connectivity index (χ4v) is 3.27. The van der Waals surface area contributed by atoms with Crippen molar-refractivity contribution in [3.05, 3.63) is 59.7 Å². The molecule has 1 heterocycles. The Labute approximate surface area is 150 Å². The van der Waals surface area contributed by atoms with Gasteiger partial charge in [-0.25, -0.2) is 0 Å². The number of hydrogen-bond acceptors (Lipinski definition) is 3. The van der Waals surface area contributed by atoms with Gasteiger partial charge in [-0.2, -0.15) is 0 Å². The summed E-state index contributed by atoms with van der Waals surface area (Å²) in [5.74, 6) is 0.842. The van der Waals surface area contributed by atoms with Gasteiger partial charge in [0.1, 0.15) is 5.75 Å². The van der Waals surface area contributed by atoms with E-state index in [1.54, 1.807) is 0 Å². The zero-order valence-electron chi connectivity index (χ0n) is 15.2. The summed E-state index contributed by atoms with van der Waals surface area (Å²) in [5.41, 5.74) is 3.59. The van der Waals surface area contributed by atoms with Crippen LogP contribution in [0.5, 0.6) is 5.75 Å². The Morgan fingerprint density at radius 1 is 0.920 bits per heavy atom. The molecule has 0 bridgehead atoms. The highest BCUT2D eigenvalue weighted by Gasteiger charge is 2.26. The molecule has 0 radical (unpaired) electrons. The van der Waals surface area contributed by atoms with E-state index in [9.17, 15) is 4.79 Å². The van der Waals surface area contributed by atoms with E-state index in [0.717, 1.165) is 37.5 Å². The molecule has 0 saturated carbocycles. The second-order valence-electron chi connectivity index (χ2n) is 6.62. The molecular formula is C21H26N2O2. The first-order valence-electron chi connectivity index (χ1n) is 8.88. The smallest absolute Gasteiger partial charge is 0.263 e. The van der Waals surface area contributed by atoms with Gasteiger partial charge in [0.25, 0.3) is 5.91 Å². The van der Waals surface area contributed by atoms with Crippen LogP contribution in [0.4, 0.5) is 5.69 Å². The highest BCUT2D eigenvalue weighted by atomic mass is 16.5. The normalized spacial score (nSPS) is 15.8. The van der Waals surface area contributed by atoms with Crippen LogP contribution in [0.15, 0.2) is 48.5 Å². The standard InChI is InChI=1S/C21H26N2O2/c1-16-8-4-6-10-19(16)22-12-14-23(15-13-22)21(24)18(3)25-20-11-7-5-9-17(20)2/h4-11,18H,12-15H2,1-3H3/t18-/m1/s1. The molecule has 1 aliphatic heterocycles. The van der Waals surface area contributed by atoms with E-state index < -0.39 is 6.10 Å². The molecular weight excluding hydrogens is 312 g/mol. The Kier molecular flexibility index (Phi) is 5.27. The molecule has 3 rings (SSSR count). The van der Waals surface area contributed by atoms with E-state index in [1.807, 2.05) is 43.0 Å². The number of benzene rings is 2. The molecule has 0 aliphatic carbocycles. The lowest BCUT2D eigenvalue weighted by molar-refractivity contribution is -0.138. The molecule has 1 saturated heterocycles. The molecule has 25 heavy (non-hydrogen) atoms. The van der Waals surface area contributed by atoms with Crippen LogP contribution >= 0.6 is 0 Å². The van der Waals surface area contributed by atoms with Gasteiger partial charge in [-0.1, -0.05) is 36.4 Å². The number of hydrogen-bond donors (Lipinski definition) is 0. The minimum absolute atomic E-state index is 0.0627. The largest absolute Gasteiger partial charge is 0.481 e. The van der Waals surface area contributed by atoms with Gasteiger partial charge in [0.15, 0.2) is 6.10 Å². The lowest BCUT2D eigenvalue weighted by atomic mass is 10.1. The van der Waals surface area contributed by atoms with E-state index in [0.29, 0.717) is 0 Å². The first kappa shape index (κ1) is 17.3. The molecule has 0 N–H and O–H groups in total. The topological polar surface area (TPSA) is 32.8 Å². The molecule has 0 aromatic heterocycles. The van der Waals surface area contributed by atoms with E-state index in [-0.39, 0.29) is 5.91 Å². The molecule has 0 spiro atoms. The van der Waals surface area contributed by atoms with Crippen LogP contribution in [0, 0.1) is 13.8 Å². The van der Waals surface area contributed by atoms with Crippen molar-refractivity contribution in [1.82, 2.24) is 4.90 Å². The third kappa shape index (κ3) is 3.95. The molecule has 2 aromatic rings. The van der Waals surface area contributed by atoms with Crippen molar-refractivity contribution < 1.29 is 9.53 Å². The van der Waals surface area contributed by atoms with E-state index in [2.05, 4.69) is 36.1 Å². The van der Waals surface area contributed by atoms with Crippen molar-refractivity contribution in [2.24, 2.45) is 0 Å². The van der Waals surface area contributed by atoms with E-state index in [1.165, 1.54) is 11.3 Å². The van der Waals surface area contributed by atoms with Crippen molar-refractivity contribution in [1.29, 1.82) is 0 Å². The Morgan fingerprint density at radius 3 is 2.16 bits per heavy atom. The fourth-order valence-electron chi connectivity index (χ4n) is 3.27. The van der Waals surface area contributed by atoms with Crippen molar-refractivity contribution in [2.45, 2.75) is 26.9 Å². The summed E-state index contributed by atoms with van der Waals surface area (Å²) in [5, 5.41) is 0. The molecule has 0 unspecified atom stereocenters. The van der Waals surface area contributed by atoms with Crippen LogP contribution < -0.4 is 9.64 Å². The Hall–Kier alpha value is -2.49. The quantitative estimate of drug-likeness (QED) is 0.856. The van der Waals surface area contributed by atoms with Gasteiger partial charge in [-0.05, 0) is 44.0 Å². The van der Waals surface area contributed by atoms with E-state index in [4.69, 9.17) is 4.74 Å². The van der Waals surface area contributed by atoms with Gasteiger partial charge in [-0.15, -0.1) is 0 Å². The molecule has 4 heteroatoms. The van der Waals surface area contributed by atoms with Gasteiger partial charge in [-0.3, -0.25) is 4.79 Å². The summed E-state index contributed by atoms with van der Waals surface area (Å²) >= 11 is 0. The molecule has 1 fully saturated rings.